The Morgan fingerprint density at radius 2 is 0.787 bits per heavy atom. The van der Waals surface area contributed by atoms with Crippen LogP contribution in [0.4, 0.5) is 0 Å². The number of rotatable bonds is 3. The summed E-state index contributed by atoms with van der Waals surface area (Å²) in [6, 6.07) is 62.6. The second-order valence-corrected chi connectivity index (χ2v) is 13.4. The summed E-state index contributed by atoms with van der Waals surface area (Å²) in [5.41, 5.74) is 7.62. The van der Waals surface area contributed by atoms with Crippen molar-refractivity contribution < 1.29 is 0 Å². The average molecular weight is 613 g/mol. The monoisotopic (exact) mass is 612 g/mol. The predicted molar refractivity (Wildman–Crippen MR) is 206 cm³/mol. The van der Waals surface area contributed by atoms with Crippen molar-refractivity contribution in [3.05, 3.63) is 170 Å². The highest BCUT2D eigenvalue weighted by Crippen LogP contribution is 2.48. The Balaban J connectivity index is 1.21. The molecular weight excluding hydrogens is 585 g/mol. The lowest BCUT2D eigenvalue weighted by atomic mass is 9.85. The van der Waals surface area contributed by atoms with Gasteiger partial charge in [-0.15, -0.1) is 11.3 Å². The molecule has 0 saturated heterocycles. The molecule has 0 saturated carbocycles. The highest BCUT2D eigenvalue weighted by atomic mass is 32.1. The normalized spacial score (nSPS) is 11.8. The lowest BCUT2D eigenvalue weighted by molar-refractivity contribution is 1.63. The molecule has 0 atom stereocenters. The minimum absolute atomic E-state index is 1.23. The lowest BCUT2D eigenvalue weighted by Gasteiger charge is -2.18. The average Bonchev–Trinajstić information content (AvgIpc) is 3.53. The Labute approximate surface area is 276 Å². The van der Waals surface area contributed by atoms with E-state index in [4.69, 9.17) is 0 Å². The molecule has 0 radical (unpaired) electrons. The number of hydrogen-bond acceptors (Lipinski definition) is 1. The molecule has 0 spiro atoms. The summed E-state index contributed by atoms with van der Waals surface area (Å²) in [5.74, 6) is 0. The Kier molecular flexibility index (Phi) is 5.85. The zero-order chi connectivity index (χ0) is 30.9. The number of benzene rings is 9. The molecule has 9 aromatic carbocycles. The maximum Gasteiger partial charge on any atom is 0.0434 e. The molecule has 218 valence electrons. The summed E-state index contributed by atoms with van der Waals surface area (Å²) in [6.45, 7) is 0. The van der Waals surface area contributed by atoms with Crippen LogP contribution >= 0.6 is 11.3 Å². The van der Waals surface area contributed by atoms with Crippen LogP contribution in [0.25, 0.3) is 96.6 Å². The molecule has 0 aliphatic heterocycles. The van der Waals surface area contributed by atoms with Crippen LogP contribution < -0.4 is 0 Å². The van der Waals surface area contributed by atoms with Crippen molar-refractivity contribution in [2.45, 2.75) is 0 Å². The Morgan fingerprint density at radius 3 is 1.51 bits per heavy atom. The van der Waals surface area contributed by atoms with Gasteiger partial charge < -0.3 is 0 Å². The molecule has 10 rings (SSSR count). The van der Waals surface area contributed by atoms with E-state index < -0.39 is 0 Å². The standard InChI is InChI=1S/C46H28S/c1-2-12-33-28-34(25-22-29(33)10-1)30-20-23-32(24-21-30)43-36-14-5-7-16-38(36)44(39-17-8-6-15-37(39)43)42-19-9-18-40-41-27-26-31-11-3-4-13-35(31)45(41)47-46(40)42/h1-28H. The number of thiophene rings is 1. The summed E-state index contributed by atoms with van der Waals surface area (Å²) >= 11 is 1.93. The van der Waals surface area contributed by atoms with Gasteiger partial charge in [0.2, 0.25) is 0 Å². The SMILES string of the molecule is c1ccc2cc(-c3ccc(-c4c5ccccc5c(-c5cccc6c5sc5c7ccccc7ccc65)c5ccccc45)cc3)ccc2c1. The van der Waals surface area contributed by atoms with Crippen LogP contribution in [0.2, 0.25) is 0 Å². The lowest BCUT2D eigenvalue weighted by Crippen LogP contribution is -1.91. The summed E-state index contributed by atoms with van der Waals surface area (Å²) in [6.07, 6.45) is 0. The first kappa shape index (κ1) is 26.5. The van der Waals surface area contributed by atoms with Gasteiger partial charge in [0, 0.05) is 25.7 Å². The van der Waals surface area contributed by atoms with E-state index in [1.165, 1.54) is 96.6 Å². The summed E-state index contributed by atoms with van der Waals surface area (Å²) in [7, 11) is 0. The van der Waals surface area contributed by atoms with Gasteiger partial charge in [-0.05, 0) is 77.0 Å². The van der Waals surface area contributed by atoms with Gasteiger partial charge in [0.15, 0.2) is 0 Å². The third-order valence-corrected chi connectivity index (χ3v) is 11.1. The molecule has 0 amide bonds. The van der Waals surface area contributed by atoms with Gasteiger partial charge >= 0.3 is 0 Å². The van der Waals surface area contributed by atoms with E-state index in [0.717, 1.165) is 0 Å². The first-order valence-electron chi connectivity index (χ1n) is 16.2. The van der Waals surface area contributed by atoms with Crippen molar-refractivity contribution in [2.24, 2.45) is 0 Å². The molecule has 47 heavy (non-hydrogen) atoms. The Morgan fingerprint density at radius 1 is 0.277 bits per heavy atom. The molecule has 1 heterocycles. The molecule has 0 nitrogen and oxygen atoms in total. The van der Waals surface area contributed by atoms with Gasteiger partial charge in [0.25, 0.3) is 0 Å². The van der Waals surface area contributed by atoms with Crippen LogP contribution in [-0.4, -0.2) is 0 Å². The summed E-state index contributed by atoms with van der Waals surface area (Å²) in [4.78, 5) is 0. The van der Waals surface area contributed by atoms with Crippen LogP contribution in [0.15, 0.2) is 170 Å². The maximum absolute atomic E-state index is 2.33. The molecule has 10 aromatic rings. The molecule has 1 heteroatoms. The number of fused-ring (bicyclic) bond motifs is 8. The highest BCUT2D eigenvalue weighted by Gasteiger charge is 2.20. The van der Waals surface area contributed by atoms with E-state index in [-0.39, 0.29) is 0 Å². The summed E-state index contributed by atoms with van der Waals surface area (Å²) in [5, 5.41) is 13.0. The maximum atomic E-state index is 2.33. The van der Waals surface area contributed by atoms with Gasteiger partial charge in [-0.25, -0.2) is 0 Å². The first-order chi connectivity index (χ1) is 23.3. The third kappa shape index (κ3) is 4.07. The minimum atomic E-state index is 1.23. The zero-order valence-corrected chi connectivity index (χ0v) is 26.4. The van der Waals surface area contributed by atoms with E-state index in [1.54, 1.807) is 0 Å². The minimum Gasteiger partial charge on any atom is -0.134 e. The van der Waals surface area contributed by atoms with Crippen molar-refractivity contribution in [1.82, 2.24) is 0 Å². The first-order valence-corrected chi connectivity index (χ1v) is 17.0. The fourth-order valence-electron chi connectivity index (χ4n) is 7.65. The van der Waals surface area contributed by atoms with E-state index >= 15 is 0 Å². The molecule has 0 fully saturated rings. The highest BCUT2D eigenvalue weighted by molar-refractivity contribution is 7.27. The van der Waals surface area contributed by atoms with Gasteiger partial charge in [-0.3, -0.25) is 0 Å². The van der Waals surface area contributed by atoms with Crippen molar-refractivity contribution in [2.75, 3.05) is 0 Å². The second kappa shape index (κ2) is 10.4. The smallest absolute Gasteiger partial charge is 0.0434 e. The van der Waals surface area contributed by atoms with Gasteiger partial charge in [0.05, 0.1) is 0 Å². The molecule has 0 unspecified atom stereocenters. The molecule has 0 bridgehead atoms. The van der Waals surface area contributed by atoms with E-state index in [2.05, 4.69) is 170 Å². The quantitative estimate of drug-likeness (QED) is 0.174. The third-order valence-electron chi connectivity index (χ3n) is 9.85. The second-order valence-electron chi connectivity index (χ2n) is 12.4. The van der Waals surface area contributed by atoms with Crippen LogP contribution in [0, 0.1) is 0 Å². The largest absolute Gasteiger partial charge is 0.134 e. The van der Waals surface area contributed by atoms with Crippen LogP contribution in [0.5, 0.6) is 0 Å². The topological polar surface area (TPSA) is 0 Å². The summed E-state index contributed by atoms with van der Waals surface area (Å²) < 4.78 is 2.71. The zero-order valence-electron chi connectivity index (χ0n) is 25.6. The predicted octanol–water partition coefficient (Wildman–Crippen LogP) is 13.7. The fourth-order valence-corrected chi connectivity index (χ4v) is 9.01. The van der Waals surface area contributed by atoms with E-state index in [9.17, 15) is 0 Å². The van der Waals surface area contributed by atoms with Gasteiger partial charge in [0.1, 0.15) is 0 Å². The number of hydrogen-bond donors (Lipinski definition) is 0. The van der Waals surface area contributed by atoms with Crippen molar-refractivity contribution in [3.63, 3.8) is 0 Å². The van der Waals surface area contributed by atoms with Crippen LogP contribution in [0.3, 0.4) is 0 Å². The molecule has 1 aromatic heterocycles. The van der Waals surface area contributed by atoms with E-state index in [0.29, 0.717) is 0 Å². The molecule has 0 aliphatic carbocycles. The van der Waals surface area contributed by atoms with Crippen molar-refractivity contribution >= 4 is 74.6 Å². The Hall–Kier alpha value is -5.76. The van der Waals surface area contributed by atoms with E-state index in [1.807, 2.05) is 11.3 Å². The van der Waals surface area contributed by atoms with Crippen molar-refractivity contribution in [1.29, 1.82) is 0 Å². The Bertz CT molecular complexity index is 2780. The fraction of sp³-hybridized carbons (Fsp3) is 0. The molecular formula is C46H28S. The van der Waals surface area contributed by atoms with Crippen LogP contribution in [0.1, 0.15) is 0 Å². The van der Waals surface area contributed by atoms with Gasteiger partial charge in [-0.1, -0.05) is 164 Å². The van der Waals surface area contributed by atoms with Gasteiger partial charge in [-0.2, -0.15) is 0 Å². The molecule has 0 N–H and O–H groups in total. The molecule has 0 aliphatic rings. The van der Waals surface area contributed by atoms with Crippen molar-refractivity contribution in [3.8, 4) is 33.4 Å². The van der Waals surface area contributed by atoms with Crippen LogP contribution in [-0.2, 0) is 0 Å².